The lowest BCUT2D eigenvalue weighted by Gasteiger charge is -2.29. The van der Waals surface area contributed by atoms with E-state index in [1.807, 2.05) is 0 Å². The first kappa shape index (κ1) is 15.6. The zero-order chi connectivity index (χ0) is 9.72. The zero-order valence-electron chi connectivity index (χ0n) is 7.79. The number of aliphatic hydroxyl groups excluding tert-OH is 4. The maximum absolute atomic E-state index is 9.10. The highest BCUT2D eigenvalue weighted by molar-refractivity contribution is 5.85. The highest BCUT2D eigenvalue weighted by atomic mass is 35.5. The van der Waals surface area contributed by atoms with Crippen LogP contribution in [0.2, 0.25) is 0 Å². The van der Waals surface area contributed by atoms with Crippen molar-refractivity contribution in [3.8, 4) is 0 Å². The molecule has 82 valence electrons. The van der Waals surface area contributed by atoms with Crippen LogP contribution in [-0.4, -0.2) is 57.0 Å². The predicted octanol–water partition coefficient (Wildman–Crippen LogP) is -1.26. The van der Waals surface area contributed by atoms with Gasteiger partial charge in [0.1, 0.15) is 12.5 Å². The molecule has 0 amide bonds. The molecule has 0 saturated carbocycles. The second-order valence-electron chi connectivity index (χ2n) is 2.80. The Balaban J connectivity index is 0. The standard InChI is InChI=1S/C7H17NO4.ClH/c1-5(10)8(6(2)11)3-7(12)4-9;/h5-7,9-12H,3-4H2,1-2H3;1H. The Kier molecular flexibility index (Phi) is 8.96. The summed E-state index contributed by atoms with van der Waals surface area (Å²) in [5.74, 6) is 0. The molecule has 0 heterocycles. The third-order valence-electron chi connectivity index (χ3n) is 1.59. The Morgan fingerprint density at radius 1 is 1.08 bits per heavy atom. The van der Waals surface area contributed by atoms with Crippen molar-refractivity contribution in [2.24, 2.45) is 0 Å². The summed E-state index contributed by atoms with van der Waals surface area (Å²) in [6, 6.07) is 0. The van der Waals surface area contributed by atoms with Gasteiger partial charge in [-0.2, -0.15) is 0 Å². The van der Waals surface area contributed by atoms with Crippen LogP contribution in [0.25, 0.3) is 0 Å². The molecule has 0 saturated heterocycles. The van der Waals surface area contributed by atoms with Crippen LogP contribution in [0.15, 0.2) is 0 Å². The average Bonchev–Trinajstić information content (AvgIpc) is 1.98. The van der Waals surface area contributed by atoms with Gasteiger partial charge in [0, 0.05) is 6.54 Å². The van der Waals surface area contributed by atoms with Gasteiger partial charge in [0.15, 0.2) is 0 Å². The highest BCUT2D eigenvalue weighted by Crippen LogP contribution is 2.02. The zero-order valence-corrected chi connectivity index (χ0v) is 8.61. The Morgan fingerprint density at radius 2 is 1.46 bits per heavy atom. The van der Waals surface area contributed by atoms with E-state index in [1.165, 1.54) is 18.7 Å². The van der Waals surface area contributed by atoms with E-state index in [-0.39, 0.29) is 25.6 Å². The summed E-state index contributed by atoms with van der Waals surface area (Å²) < 4.78 is 0. The van der Waals surface area contributed by atoms with E-state index in [0.717, 1.165) is 0 Å². The van der Waals surface area contributed by atoms with Crippen molar-refractivity contribution in [2.75, 3.05) is 13.2 Å². The third-order valence-corrected chi connectivity index (χ3v) is 1.59. The average molecular weight is 216 g/mol. The van der Waals surface area contributed by atoms with Crippen LogP contribution < -0.4 is 0 Å². The van der Waals surface area contributed by atoms with E-state index >= 15 is 0 Å². The van der Waals surface area contributed by atoms with Gasteiger partial charge in [-0.3, -0.25) is 4.90 Å². The Morgan fingerprint density at radius 3 is 1.69 bits per heavy atom. The molecule has 3 atom stereocenters. The van der Waals surface area contributed by atoms with Crippen molar-refractivity contribution < 1.29 is 20.4 Å². The molecule has 0 rings (SSSR count). The summed E-state index contributed by atoms with van der Waals surface area (Å²) in [6.45, 7) is 2.63. The summed E-state index contributed by atoms with van der Waals surface area (Å²) in [5.41, 5.74) is 0. The fourth-order valence-corrected chi connectivity index (χ4v) is 0.918. The normalized spacial score (nSPS) is 17.8. The van der Waals surface area contributed by atoms with Gasteiger partial charge in [0.05, 0.1) is 12.7 Å². The number of nitrogens with zero attached hydrogens (tertiary/aromatic N) is 1. The molecule has 6 heteroatoms. The molecule has 0 aliphatic rings. The van der Waals surface area contributed by atoms with Crippen LogP contribution in [0.5, 0.6) is 0 Å². The maximum atomic E-state index is 9.10. The second kappa shape index (κ2) is 7.49. The van der Waals surface area contributed by atoms with Gasteiger partial charge in [0.25, 0.3) is 0 Å². The van der Waals surface area contributed by atoms with Crippen molar-refractivity contribution in [2.45, 2.75) is 32.4 Å². The first-order valence-corrected chi connectivity index (χ1v) is 3.89. The van der Waals surface area contributed by atoms with E-state index in [2.05, 4.69) is 0 Å². The van der Waals surface area contributed by atoms with E-state index in [4.69, 9.17) is 20.4 Å². The third kappa shape index (κ3) is 6.20. The highest BCUT2D eigenvalue weighted by Gasteiger charge is 2.18. The fraction of sp³-hybridized carbons (Fsp3) is 1.00. The lowest BCUT2D eigenvalue weighted by molar-refractivity contribution is -0.105. The molecule has 4 N–H and O–H groups in total. The molecule has 0 fully saturated rings. The Hall–Kier alpha value is 0.0900. The first-order chi connectivity index (χ1) is 5.49. The van der Waals surface area contributed by atoms with Gasteiger partial charge in [-0.25, -0.2) is 0 Å². The second-order valence-corrected chi connectivity index (χ2v) is 2.80. The lowest BCUT2D eigenvalue weighted by atomic mass is 10.3. The largest absolute Gasteiger partial charge is 0.394 e. The molecular formula is C7H18ClNO4. The Bertz CT molecular complexity index is 115. The van der Waals surface area contributed by atoms with Crippen molar-refractivity contribution in [3.63, 3.8) is 0 Å². The van der Waals surface area contributed by atoms with Gasteiger partial charge in [-0.1, -0.05) is 0 Å². The summed E-state index contributed by atoms with van der Waals surface area (Å²) >= 11 is 0. The maximum Gasteiger partial charge on any atom is 0.106 e. The van der Waals surface area contributed by atoms with Crippen LogP contribution >= 0.6 is 12.4 Å². The first-order valence-electron chi connectivity index (χ1n) is 3.89. The molecule has 5 nitrogen and oxygen atoms in total. The van der Waals surface area contributed by atoms with Gasteiger partial charge in [-0.05, 0) is 13.8 Å². The number of hydrogen-bond acceptors (Lipinski definition) is 5. The monoisotopic (exact) mass is 215 g/mol. The number of aliphatic hydroxyl groups is 4. The number of halogens is 1. The molecule has 13 heavy (non-hydrogen) atoms. The Labute approximate surface area is 84.0 Å². The summed E-state index contributed by atoms with van der Waals surface area (Å²) in [4.78, 5) is 1.26. The van der Waals surface area contributed by atoms with Crippen LogP contribution in [0.3, 0.4) is 0 Å². The predicted molar refractivity (Wildman–Crippen MR) is 50.4 cm³/mol. The van der Waals surface area contributed by atoms with E-state index in [1.54, 1.807) is 0 Å². The van der Waals surface area contributed by atoms with Gasteiger partial charge in [0.2, 0.25) is 0 Å². The quantitative estimate of drug-likeness (QED) is 0.431. The topological polar surface area (TPSA) is 84.2 Å². The molecule has 3 unspecified atom stereocenters. The van der Waals surface area contributed by atoms with Gasteiger partial charge >= 0.3 is 0 Å². The van der Waals surface area contributed by atoms with Crippen LogP contribution in [0, 0.1) is 0 Å². The van der Waals surface area contributed by atoms with Crippen LogP contribution in [0.1, 0.15) is 13.8 Å². The molecule has 0 aliphatic carbocycles. The molecule has 0 radical (unpaired) electrons. The van der Waals surface area contributed by atoms with Crippen molar-refractivity contribution in [1.82, 2.24) is 4.90 Å². The minimum Gasteiger partial charge on any atom is -0.394 e. The SMILES string of the molecule is CC(O)N(CC(O)CO)C(C)O.Cl. The summed E-state index contributed by atoms with van der Waals surface area (Å²) in [6.07, 6.45) is -2.62. The number of rotatable bonds is 5. The van der Waals surface area contributed by atoms with Crippen LogP contribution in [-0.2, 0) is 0 Å². The molecule has 0 aromatic carbocycles. The van der Waals surface area contributed by atoms with E-state index < -0.39 is 18.6 Å². The summed E-state index contributed by atoms with van der Waals surface area (Å²) in [7, 11) is 0. The number of hydrogen-bond donors (Lipinski definition) is 4. The molecule has 0 aromatic rings. The minimum absolute atomic E-state index is 0. The summed E-state index contributed by atoms with van der Waals surface area (Å²) in [5, 5.41) is 35.7. The van der Waals surface area contributed by atoms with Crippen molar-refractivity contribution in [1.29, 1.82) is 0 Å². The lowest BCUT2D eigenvalue weighted by Crippen LogP contribution is -2.45. The smallest absolute Gasteiger partial charge is 0.106 e. The molecule has 0 bridgehead atoms. The van der Waals surface area contributed by atoms with Gasteiger partial charge in [-0.15, -0.1) is 12.4 Å². The molecule has 0 aromatic heterocycles. The minimum atomic E-state index is -0.936. The fourth-order valence-electron chi connectivity index (χ4n) is 0.918. The van der Waals surface area contributed by atoms with E-state index in [0.29, 0.717) is 0 Å². The molecular weight excluding hydrogens is 198 g/mol. The van der Waals surface area contributed by atoms with Crippen molar-refractivity contribution in [3.05, 3.63) is 0 Å². The molecule has 0 spiro atoms. The van der Waals surface area contributed by atoms with Gasteiger partial charge < -0.3 is 20.4 Å². The van der Waals surface area contributed by atoms with Crippen molar-refractivity contribution >= 4 is 12.4 Å². The van der Waals surface area contributed by atoms with Crippen LogP contribution in [0.4, 0.5) is 0 Å². The van der Waals surface area contributed by atoms with E-state index in [9.17, 15) is 0 Å². The molecule has 0 aliphatic heterocycles.